The molecule has 0 aliphatic carbocycles. The van der Waals surface area contributed by atoms with Gasteiger partial charge in [0.2, 0.25) is 0 Å². The number of anilines is 2. The first-order valence-corrected chi connectivity index (χ1v) is 8.11. The highest BCUT2D eigenvalue weighted by Gasteiger charge is 2.21. The molecule has 0 atom stereocenters. The maximum absolute atomic E-state index is 13.7. The van der Waals surface area contributed by atoms with Gasteiger partial charge in [-0.1, -0.05) is 0 Å². The van der Waals surface area contributed by atoms with Crippen LogP contribution in [0.25, 0.3) is 0 Å². The molecule has 0 spiro atoms. The van der Waals surface area contributed by atoms with Gasteiger partial charge >= 0.3 is 0 Å². The van der Waals surface area contributed by atoms with Gasteiger partial charge in [0, 0.05) is 10.2 Å². The highest BCUT2D eigenvalue weighted by Crippen LogP contribution is 2.27. The predicted molar refractivity (Wildman–Crippen MR) is 79.1 cm³/mol. The average Bonchev–Trinajstić information content (AvgIpc) is 2.36. The fraction of sp³-hybridized carbons (Fsp3) is 0. The number of rotatable bonds is 3. The smallest absolute Gasteiger partial charge is 0.266 e. The molecule has 0 aliphatic rings. The summed E-state index contributed by atoms with van der Waals surface area (Å²) in [5, 5.41) is 0. The van der Waals surface area contributed by atoms with Crippen molar-refractivity contribution >= 4 is 53.4 Å². The molecule has 0 unspecified atom stereocenters. The number of hydrogen-bond acceptors (Lipinski definition) is 5. The molecule has 3 N–H and O–H groups in total. The molecule has 10 heteroatoms. The van der Waals surface area contributed by atoms with Gasteiger partial charge in [-0.3, -0.25) is 4.72 Å². The summed E-state index contributed by atoms with van der Waals surface area (Å²) in [6, 6.07) is 2.01. The second-order valence-corrected chi connectivity index (χ2v) is 6.95. The number of hydrogen-bond donors (Lipinski definition) is 2. The van der Waals surface area contributed by atoms with Gasteiger partial charge < -0.3 is 5.73 Å². The van der Waals surface area contributed by atoms with Crippen molar-refractivity contribution in [2.75, 3.05) is 10.5 Å². The van der Waals surface area contributed by atoms with E-state index in [4.69, 9.17) is 5.73 Å². The maximum Gasteiger partial charge on any atom is 0.266 e. The van der Waals surface area contributed by atoms with Crippen LogP contribution < -0.4 is 10.5 Å². The highest BCUT2D eigenvalue weighted by atomic mass is 79.9. The Hall–Kier alpha value is -1.26. The van der Waals surface area contributed by atoms with Crippen molar-refractivity contribution in [2.45, 2.75) is 4.90 Å². The van der Waals surface area contributed by atoms with Gasteiger partial charge in [0.25, 0.3) is 10.0 Å². The van der Waals surface area contributed by atoms with Crippen LogP contribution in [0.15, 0.2) is 38.5 Å². The summed E-state index contributed by atoms with van der Waals surface area (Å²) in [4.78, 5) is 7.04. The molecule has 2 aromatic rings. The first kappa shape index (κ1) is 15.1. The van der Waals surface area contributed by atoms with Crippen molar-refractivity contribution in [1.82, 2.24) is 9.97 Å². The summed E-state index contributed by atoms with van der Waals surface area (Å²) in [5.41, 5.74) is 5.66. The van der Waals surface area contributed by atoms with E-state index in [1.807, 2.05) is 0 Å². The number of benzene rings is 1. The van der Waals surface area contributed by atoms with Crippen molar-refractivity contribution < 1.29 is 12.8 Å². The zero-order valence-electron chi connectivity index (χ0n) is 9.64. The Morgan fingerprint density at radius 1 is 1.20 bits per heavy atom. The van der Waals surface area contributed by atoms with Crippen LogP contribution in [-0.4, -0.2) is 18.4 Å². The fourth-order valence-electron chi connectivity index (χ4n) is 1.31. The number of nitrogens with one attached hydrogen (secondary N) is 1. The number of halogens is 3. The lowest BCUT2D eigenvalue weighted by Crippen LogP contribution is -2.16. The van der Waals surface area contributed by atoms with Gasteiger partial charge in [-0.05, 0) is 44.0 Å². The Morgan fingerprint density at radius 2 is 1.90 bits per heavy atom. The van der Waals surface area contributed by atoms with E-state index in [9.17, 15) is 12.8 Å². The average molecular weight is 426 g/mol. The SMILES string of the molecule is Nc1cc(S(=O)(=O)Nc2cnc(Br)cn2)c(F)cc1Br. The zero-order chi connectivity index (χ0) is 14.9. The van der Waals surface area contributed by atoms with Gasteiger partial charge in [0.15, 0.2) is 5.82 Å². The van der Waals surface area contributed by atoms with E-state index in [1.165, 1.54) is 12.4 Å². The van der Waals surface area contributed by atoms with E-state index in [0.29, 0.717) is 4.60 Å². The van der Waals surface area contributed by atoms with Crippen LogP contribution in [0.3, 0.4) is 0 Å². The number of nitrogen functional groups attached to an aromatic ring is 1. The largest absolute Gasteiger partial charge is 0.398 e. The van der Waals surface area contributed by atoms with Crippen LogP contribution in [0.2, 0.25) is 0 Å². The van der Waals surface area contributed by atoms with Crippen molar-refractivity contribution in [3.05, 3.63) is 39.4 Å². The van der Waals surface area contributed by atoms with Crippen molar-refractivity contribution in [3.8, 4) is 0 Å². The zero-order valence-corrected chi connectivity index (χ0v) is 13.6. The summed E-state index contributed by atoms with van der Waals surface area (Å²) < 4.78 is 40.7. The van der Waals surface area contributed by atoms with Gasteiger partial charge in [0.1, 0.15) is 15.3 Å². The summed E-state index contributed by atoms with van der Waals surface area (Å²) in [6.07, 6.45) is 2.51. The molecule has 2 rings (SSSR count). The molecule has 106 valence electrons. The quantitative estimate of drug-likeness (QED) is 0.736. The van der Waals surface area contributed by atoms with E-state index >= 15 is 0 Å². The molecule has 0 fully saturated rings. The van der Waals surface area contributed by atoms with Crippen molar-refractivity contribution in [1.29, 1.82) is 0 Å². The third-order valence-corrected chi connectivity index (χ3v) is 4.67. The van der Waals surface area contributed by atoms with Crippen LogP contribution in [0.4, 0.5) is 15.9 Å². The molecule has 0 radical (unpaired) electrons. The molecule has 0 bridgehead atoms. The summed E-state index contributed by atoms with van der Waals surface area (Å²) in [6.45, 7) is 0. The van der Waals surface area contributed by atoms with E-state index < -0.39 is 20.7 Å². The monoisotopic (exact) mass is 424 g/mol. The third kappa shape index (κ3) is 3.25. The minimum absolute atomic E-state index is 0.0332. The van der Waals surface area contributed by atoms with Crippen LogP contribution in [0.1, 0.15) is 0 Å². The summed E-state index contributed by atoms with van der Waals surface area (Å²) in [5.74, 6) is -0.960. The fourth-order valence-corrected chi connectivity index (χ4v) is 2.92. The number of aromatic nitrogens is 2. The molecule has 6 nitrogen and oxygen atoms in total. The Labute approximate surface area is 130 Å². The summed E-state index contributed by atoms with van der Waals surface area (Å²) in [7, 11) is -4.14. The number of nitrogens with two attached hydrogens (primary N) is 1. The number of sulfonamides is 1. The molecule has 20 heavy (non-hydrogen) atoms. The maximum atomic E-state index is 13.7. The molecular formula is C10H7Br2FN4O2S. The van der Waals surface area contributed by atoms with Crippen LogP contribution in [0, 0.1) is 5.82 Å². The summed E-state index contributed by atoms with van der Waals surface area (Å²) >= 11 is 6.08. The molecular weight excluding hydrogens is 419 g/mol. The lowest BCUT2D eigenvalue weighted by molar-refractivity contribution is 0.570. The lowest BCUT2D eigenvalue weighted by Gasteiger charge is -2.09. The van der Waals surface area contributed by atoms with Gasteiger partial charge in [-0.2, -0.15) is 0 Å². The molecule has 0 amide bonds. The van der Waals surface area contributed by atoms with Gasteiger partial charge in [0.05, 0.1) is 12.4 Å². The first-order valence-electron chi connectivity index (χ1n) is 5.04. The Kier molecular flexibility index (Phi) is 4.25. The van der Waals surface area contributed by atoms with E-state index in [1.54, 1.807) is 0 Å². The molecule has 0 saturated carbocycles. The van der Waals surface area contributed by atoms with Gasteiger partial charge in [-0.15, -0.1) is 0 Å². The first-order chi connectivity index (χ1) is 9.29. The number of nitrogens with zero attached hydrogens (tertiary/aromatic N) is 2. The normalized spacial score (nSPS) is 11.3. The van der Waals surface area contributed by atoms with E-state index in [2.05, 4.69) is 46.5 Å². The third-order valence-electron chi connectivity index (χ3n) is 2.20. The Balaban J connectivity index is 2.40. The van der Waals surface area contributed by atoms with Crippen molar-refractivity contribution in [2.24, 2.45) is 0 Å². The molecule has 1 aromatic carbocycles. The van der Waals surface area contributed by atoms with Crippen LogP contribution in [0.5, 0.6) is 0 Å². The molecule has 0 saturated heterocycles. The second-order valence-electron chi connectivity index (χ2n) is 3.63. The molecule has 0 aliphatic heterocycles. The molecule has 1 aromatic heterocycles. The molecule has 1 heterocycles. The van der Waals surface area contributed by atoms with E-state index in [-0.39, 0.29) is 16.0 Å². The standard InChI is InChI=1S/C10H7Br2FN4O2S/c11-5-1-6(13)8(2-7(5)14)20(18,19)17-10-4-15-9(12)3-16-10/h1-4H,14H2,(H,16,17). The topological polar surface area (TPSA) is 98.0 Å². The van der Waals surface area contributed by atoms with Crippen LogP contribution in [-0.2, 0) is 10.0 Å². The van der Waals surface area contributed by atoms with Crippen molar-refractivity contribution in [3.63, 3.8) is 0 Å². The Bertz CT molecular complexity index is 753. The lowest BCUT2D eigenvalue weighted by atomic mass is 10.3. The van der Waals surface area contributed by atoms with Crippen LogP contribution >= 0.6 is 31.9 Å². The predicted octanol–water partition coefficient (Wildman–Crippen LogP) is 2.52. The minimum atomic E-state index is -4.14. The Morgan fingerprint density at radius 3 is 2.50 bits per heavy atom. The highest BCUT2D eigenvalue weighted by molar-refractivity contribution is 9.10. The van der Waals surface area contributed by atoms with Gasteiger partial charge in [-0.25, -0.2) is 22.8 Å². The second kappa shape index (κ2) is 5.62. The minimum Gasteiger partial charge on any atom is -0.398 e. The van der Waals surface area contributed by atoms with E-state index in [0.717, 1.165) is 12.1 Å².